The average Bonchev–Trinajstić information content (AvgIpc) is 2.54. The number of methoxy groups -OCH3 is 1. The Bertz CT molecular complexity index is 617. The van der Waals surface area contributed by atoms with Gasteiger partial charge in [0.05, 0.1) is 12.5 Å². The van der Waals surface area contributed by atoms with E-state index in [1.807, 2.05) is 31.3 Å². The molecule has 1 aliphatic rings. The molecule has 1 heterocycles. The first kappa shape index (κ1) is 15.8. The van der Waals surface area contributed by atoms with Crippen molar-refractivity contribution in [1.82, 2.24) is 10.2 Å². The minimum absolute atomic E-state index is 0.0653. The summed E-state index contributed by atoms with van der Waals surface area (Å²) in [6.45, 7) is 0.248. The monoisotopic (exact) mass is 300 g/mol. The lowest BCUT2D eigenvalue weighted by Gasteiger charge is -2.29. The first-order chi connectivity index (χ1) is 10.5. The van der Waals surface area contributed by atoms with E-state index in [4.69, 9.17) is 4.74 Å². The highest BCUT2D eigenvalue weighted by molar-refractivity contribution is 6.05. The van der Waals surface area contributed by atoms with Crippen molar-refractivity contribution in [3.63, 3.8) is 0 Å². The van der Waals surface area contributed by atoms with Crippen LogP contribution in [0, 0.1) is 5.41 Å². The lowest BCUT2D eigenvalue weighted by molar-refractivity contribution is -0.117. The lowest BCUT2D eigenvalue weighted by atomic mass is 9.78. The van der Waals surface area contributed by atoms with Crippen molar-refractivity contribution < 1.29 is 14.3 Å². The maximum atomic E-state index is 12.9. The van der Waals surface area contributed by atoms with Gasteiger partial charge in [-0.1, -0.05) is 6.08 Å². The zero-order valence-corrected chi connectivity index (χ0v) is 13.0. The molecule has 5 nitrogen and oxygen atoms in total. The SMILES string of the molecule is COc1ccc(C(=O)C2(C=CN(C)C)C=CC(=O)NC2)cc1. The molecular formula is C17H20N2O3. The summed E-state index contributed by atoms with van der Waals surface area (Å²) in [5, 5.41) is 2.73. The van der Waals surface area contributed by atoms with Crippen LogP contribution in [-0.4, -0.2) is 44.3 Å². The van der Waals surface area contributed by atoms with Gasteiger partial charge in [-0.05, 0) is 36.5 Å². The predicted octanol–water partition coefficient (Wildman–Crippen LogP) is 1.63. The van der Waals surface area contributed by atoms with Crippen molar-refractivity contribution in [3.05, 3.63) is 54.3 Å². The number of nitrogens with one attached hydrogen (secondary N) is 1. The molecule has 0 saturated carbocycles. The normalized spacial score (nSPS) is 20.8. The van der Waals surface area contributed by atoms with Crippen LogP contribution in [0.4, 0.5) is 0 Å². The Morgan fingerprint density at radius 2 is 2.00 bits per heavy atom. The molecule has 0 radical (unpaired) electrons. The molecule has 0 aliphatic carbocycles. The Kier molecular flexibility index (Phi) is 4.65. The highest BCUT2D eigenvalue weighted by Crippen LogP contribution is 2.29. The highest BCUT2D eigenvalue weighted by atomic mass is 16.5. The van der Waals surface area contributed by atoms with Gasteiger partial charge in [-0.15, -0.1) is 0 Å². The molecule has 0 spiro atoms. The number of carbonyl (C=O) groups excluding carboxylic acids is 2. The predicted molar refractivity (Wildman–Crippen MR) is 84.7 cm³/mol. The van der Waals surface area contributed by atoms with Crippen LogP contribution in [0.25, 0.3) is 0 Å². The molecule has 1 unspecified atom stereocenters. The first-order valence-corrected chi connectivity index (χ1v) is 6.98. The van der Waals surface area contributed by atoms with Crippen LogP contribution < -0.4 is 10.1 Å². The van der Waals surface area contributed by atoms with E-state index < -0.39 is 5.41 Å². The van der Waals surface area contributed by atoms with Crippen LogP contribution >= 0.6 is 0 Å². The largest absolute Gasteiger partial charge is 0.497 e. The molecule has 0 fully saturated rings. The zero-order valence-electron chi connectivity index (χ0n) is 13.0. The van der Waals surface area contributed by atoms with Crippen molar-refractivity contribution >= 4 is 11.7 Å². The first-order valence-electron chi connectivity index (χ1n) is 6.98. The summed E-state index contributed by atoms with van der Waals surface area (Å²) in [6.07, 6.45) is 6.71. The van der Waals surface area contributed by atoms with Crippen molar-refractivity contribution in [1.29, 1.82) is 0 Å². The Labute approximate surface area is 130 Å². The van der Waals surface area contributed by atoms with Crippen LogP contribution in [0.5, 0.6) is 5.75 Å². The van der Waals surface area contributed by atoms with Gasteiger partial charge in [0.2, 0.25) is 5.91 Å². The summed E-state index contributed by atoms with van der Waals surface area (Å²) in [7, 11) is 5.35. The van der Waals surface area contributed by atoms with E-state index in [2.05, 4.69) is 5.32 Å². The fraction of sp³-hybridized carbons (Fsp3) is 0.294. The number of hydrogen-bond donors (Lipinski definition) is 1. The van der Waals surface area contributed by atoms with Gasteiger partial charge >= 0.3 is 0 Å². The topological polar surface area (TPSA) is 58.6 Å². The second kappa shape index (κ2) is 6.47. The van der Waals surface area contributed by atoms with Gasteiger partial charge < -0.3 is 15.0 Å². The van der Waals surface area contributed by atoms with Crippen molar-refractivity contribution in [2.24, 2.45) is 5.41 Å². The quantitative estimate of drug-likeness (QED) is 0.840. The Balaban J connectivity index is 2.37. The van der Waals surface area contributed by atoms with E-state index in [9.17, 15) is 9.59 Å². The number of hydrogen-bond acceptors (Lipinski definition) is 4. The maximum absolute atomic E-state index is 12.9. The summed E-state index contributed by atoms with van der Waals surface area (Å²) in [5.41, 5.74) is -0.294. The molecule has 116 valence electrons. The molecule has 1 aromatic carbocycles. The maximum Gasteiger partial charge on any atom is 0.243 e. The Morgan fingerprint density at radius 1 is 1.32 bits per heavy atom. The summed E-state index contributed by atoms with van der Waals surface area (Å²) >= 11 is 0. The second-order valence-corrected chi connectivity index (χ2v) is 5.43. The number of amides is 1. The molecular weight excluding hydrogens is 280 g/mol. The number of ether oxygens (including phenoxy) is 1. The van der Waals surface area contributed by atoms with Crippen LogP contribution in [-0.2, 0) is 4.79 Å². The average molecular weight is 300 g/mol. The fourth-order valence-electron chi connectivity index (χ4n) is 2.21. The second-order valence-electron chi connectivity index (χ2n) is 5.43. The van der Waals surface area contributed by atoms with Gasteiger partial charge in [0.1, 0.15) is 5.75 Å². The molecule has 0 aromatic heterocycles. The standard InChI is InChI=1S/C17H20N2O3/c1-19(2)11-10-17(9-8-15(20)18-12-17)16(21)13-4-6-14(22-3)7-5-13/h4-11H,12H2,1-3H3,(H,18,20). The molecule has 1 amide bonds. The number of rotatable bonds is 5. The van der Waals surface area contributed by atoms with E-state index in [0.717, 1.165) is 0 Å². The molecule has 1 atom stereocenters. The summed E-state index contributed by atoms with van der Waals surface area (Å²) in [6, 6.07) is 6.97. The van der Waals surface area contributed by atoms with Crippen LogP contribution in [0.3, 0.4) is 0 Å². The van der Waals surface area contributed by atoms with Gasteiger partial charge in [0.15, 0.2) is 5.78 Å². The van der Waals surface area contributed by atoms with Gasteiger partial charge in [-0.2, -0.15) is 0 Å². The number of carbonyl (C=O) groups is 2. The van der Waals surface area contributed by atoms with E-state index in [1.165, 1.54) is 6.08 Å². The van der Waals surface area contributed by atoms with Crippen LogP contribution in [0.2, 0.25) is 0 Å². The Hall–Kier alpha value is -2.56. The number of nitrogens with zero attached hydrogens (tertiary/aromatic N) is 1. The zero-order chi connectivity index (χ0) is 16.2. The third-order valence-corrected chi connectivity index (χ3v) is 3.53. The molecule has 1 N–H and O–H groups in total. The minimum Gasteiger partial charge on any atom is -0.497 e. The molecule has 2 rings (SSSR count). The number of benzene rings is 1. The molecule has 22 heavy (non-hydrogen) atoms. The summed E-state index contributed by atoms with van der Waals surface area (Å²) < 4.78 is 5.11. The van der Waals surface area contributed by atoms with E-state index in [1.54, 1.807) is 37.5 Å². The van der Waals surface area contributed by atoms with Gasteiger partial charge in [0, 0.05) is 32.3 Å². The number of ketones is 1. The van der Waals surface area contributed by atoms with Crippen molar-refractivity contribution in [2.75, 3.05) is 27.7 Å². The summed E-state index contributed by atoms with van der Waals surface area (Å²) in [4.78, 5) is 26.2. The molecule has 1 aromatic rings. The third kappa shape index (κ3) is 3.36. The van der Waals surface area contributed by atoms with Gasteiger partial charge in [-0.25, -0.2) is 0 Å². The smallest absolute Gasteiger partial charge is 0.243 e. The van der Waals surface area contributed by atoms with Gasteiger partial charge in [-0.3, -0.25) is 9.59 Å². The molecule has 5 heteroatoms. The van der Waals surface area contributed by atoms with Gasteiger partial charge in [0.25, 0.3) is 0 Å². The number of Topliss-reactive ketones (excluding diaryl/α,β-unsaturated/α-hetero) is 1. The van der Waals surface area contributed by atoms with E-state index in [0.29, 0.717) is 11.3 Å². The van der Waals surface area contributed by atoms with Crippen LogP contribution in [0.1, 0.15) is 10.4 Å². The Morgan fingerprint density at radius 3 is 2.50 bits per heavy atom. The van der Waals surface area contributed by atoms with Crippen LogP contribution in [0.15, 0.2) is 48.7 Å². The fourth-order valence-corrected chi connectivity index (χ4v) is 2.21. The lowest BCUT2D eigenvalue weighted by Crippen LogP contribution is -2.43. The highest BCUT2D eigenvalue weighted by Gasteiger charge is 2.36. The van der Waals surface area contributed by atoms with Crippen molar-refractivity contribution in [2.45, 2.75) is 0 Å². The molecule has 0 bridgehead atoms. The third-order valence-electron chi connectivity index (χ3n) is 3.53. The minimum atomic E-state index is -0.868. The molecule has 1 aliphatic heterocycles. The van der Waals surface area contributed by atoms with Crippen molar-refractivity contribution in [3.8, 4) is 5.75 Å². The summed E-state index contributed by atoms with van der Waals surface area (Å²) in [5.74, 6) is 0.447. The van der Waals surface area contributed by atoms with E-state index >= 15 is 0 Å². The van der Waals surface area contributed by atoms with E-state index in [-0.39, 0.29) is 18.2 Å². The molecule has 0 saturated heterocycles.